The van der Waals surface area contributed by atoms with Gasteiger partial charge in [0.25, 0.3) is 0 Å². The van der Waals surface area contributed by atoms with Crippen LogP contribution in [0.15, 0.2) is 42.5 Å². The van der Waals surface area contributed by atoms with E-state index in [0.29, 0.717) is 10.6 Å². The maximum atomic E-state index is 13.3. The molecule has 102 valence electrons. The third-order valence-corrected chi connectivity index (χ3v) is 3.37. The molecule has 0 bridgehead atoms. The van der Waals surface area contributed by atoms with Crippen LogP contribution in [-0.2, 0) is 4.79 Å². The van der Waals surface area contributed by atoms with Crippen molar-refractivity contribution in [2.45, 2.75) is 0 Å². The minimum Gasteiger partial charge on any atom is -0.477 e. The minimum atomic E-state index is -1.04. The number of anilines is 1. The monoisotopic (exact) mass is 291 g/mol. The average Bonchev–Trinajstić information content (AvgIpc) is 2.86. The summed E-state index contributed by atoms with van der Waals surface area (Å²) in [4.78, 5) is 22.4. The molecule has 0 aliphatic rings. The van der Waals surface area contributed by atoms with Crippen LogP contribution in [0, 0.1) is 5.82 Å². The highest BCUT2D eigenvalue weighted by molar-refractivity contribution is 7.18. The first-order valence-electron chi connectivity index (χ1n) is 5.63. The van der Waals surface area contributed by atoms with E-state index >= 15 is 0 Å². The lowest BCUT2D eigenvalue weighted by molar-refractivity contribution is -0.111. The van der Waals surface area contributed by atoms with Crippen molar-refractivity contribution in [1.29, 1.82) is 0 Å². The molecule has 20 heavy (non-hydrogen) atoms. The number of rotatable bonds is 4. The third-order valence-electron chi connectivity index (χ3n) is 2.38. The molecule has 2 rings (SSSR count). The Bertz CT molecular complexity index is 679. The molecule has 1 heterocycles. The Balaban J connectivity index is 2.02. The molecule has 6 heteroatoms. The van der Waals surface area contributed by atoms with E-state index in [4.69, 9.17) is 5.11 Å². The first-order valence-corrected chi connectivity index (χ1v) is 6.44. The van der Waals surface area contributed by atoms with Gasteiger partial charge in [0.1, 0.15) is 10.7 Å². The summed E-state index contributed by atoms with van der Waals surface area (Å²) in [6.45, 7) is 0. The summed E-state index contributed by atoms with van der Waals surface area (Å²) in [5, 5.41) is 11.7. The molecule has 0 unspecified atom stereocenters. The van der Waals surface area contributed by atoms with Crippen molar-refractivity contribution < 1.29 is 19.1 Å². The van der Waals surface area contributed by atoms with Crippen LogP contribution in [0.25, 0.3) is 6.08 Å². The molecule has 0 atom stereocenters. The highest BCUT2D eigenvalue weighted by Gasteiger charge is 2.08. The van der Waals surface area contributed by atoms with Crippen molar-refractivity contribution in [3.8, 4) is 0 Å². The number of thiophene rings is 1. The molecule has 1 aromatic carbocycles. The van der Waals surface area contributed by atoms with Crippen LogP contribution in [0.1, 0.15) is 15.2 Å². The van der Waals surface area contributed by atoms with E-state index < -0.39 is 17.7 Å². The van der Waals surface area contributed by atoms with E-state index in [1.807, 2.05) is 0 Å². The van der Waals surface area contributed by atoms with Crippen molar-refractivity contribution in [3.63, 3.8) is 0 Å². The van der Waals surface area contributed by atoms with Gasteiger partial charge in [-0.2, -0.15) is 0 Å². The highest BCUT2D eigenvalue weighted by Crippen LogP contribution is 2.21. The summed E-state index contributed by atoms with van der Waals surface area (Å²) in [5.41, 5.74) is 0.306. The number of carbonyl (C=O) groups excluding carboxylic acids is 1. The summed E-state index contributed by atoms with van der Waals surface area (Å²) >= 11 is 0.955. The summed E-state index contributed by atoms with van der Waals surface area (Å²) in [5.74, 6) is -1.91. The molecule has 0 saturated heterocycles. The summed E-state index contributed by atoms with van der Waals surface area (Å²) in [7, 11) is 0. The van der Waals surface area contributed by atoms with Crippen molar-refractivity contribution in [1.82, 2.24) is 0 Å². The molecule has 1 amide bonds. The zero-order chi connectivity index (χ0) is 14.5. The predicted octanol–water partition coefficient (Wildman–Crippen LogP) is 3.24. The SMILES string of the molecule is O=C(/C=C/c1ccccc1F)Nc1ccc(C(=O)O)s1. The van der Waals surface area contributed by atoms with Gasteiger partial charge >= 0.3 is 5.97 Å². The maximum absolute atomic E-state index is 13.3. The van der Waals surface area contributed by atoms with Crippen LogP contribution >= 0.6 is 11.3 Å². The number of hydrogen-bond acceptors (Lipinski definition) is 3. The number of carboxylic acid groups (broad SMARTS) is 1. The Kier molecular flexibility index (Phi) is 4.27. The van der Waals surface area contributed by atoms with Crippen molar-refractivity contribution in [3.05, 3.63) is 58.7 Å². The Morgan fingerprint density at radius 3 is 2.60 bits per heavy atom. The lowest BCUT2D eigenvalue weighted by atomic mass is 10.2. The first kappa shape index (κ1) is 14.0. The fourth-order valence-electron chi connectivity index (χ4n) is 1.46. The molecule has 0 spiro atoms. The zero-order valence-corrected chi connectivity index (χ0v) is 11.0. The summed E-state index contributed by atoms with van der Waals surface area (Å²) in [6, 6.07) is 8.99. The van der Waals surface area contributed by atoms with Gasteiger partial charge in [0, 0.05) is 11.6 Å². The Morgan fingerprint density at radius 2 is 1.95 bits per heavy atom. The van der Waals surface area contributed by atoms with Crippen molar-refractivity contribution in [2.24, 2.45) is 0 Å². The topological polar surface area (TPSA) is 66.4 Å². The van der Waals surface area contributed by atoms with Crippen LogP contribution < -0.4 is 5.32 Å². The zero-order valence-electron chi connectivity index (χ0n) is 10.2. The Labute approximate surface area is 118 Å². The standard InChI is InChI=1S/C14H10FNO3S/c15-10-4-2-1-3-9(10)5-7-12(17)16-13-8-6-11(20-13)14(18)19/h1-8H,(H,16,17)(H,18,19)/b7-5+. The smallest absolute Gasteiger partial charge is 0.345 e. The van der Waals surface area contributed by atoms with Crippen LogP contribution in [0.3, 0.4) is 0 Å². The second kappa shape index (κ2) is 6.12. The lowest BCUT2D eigenvalue weighted by Crippen LogP contribution is -2.06. The summed E-state index contributed by atoms with van der Waals surface area (Å²) < 4.78 is 13.3. The summed E-state index contributed by atoms with van der Waals surface area (Å²) in [6.07, 6.45) is 2.55. The fraction of sp³-hybridized carbons (Fsp3) is 0. The molecule has 0 radical (unpaired) electrons. The minimum absolute atomic E-state index is 0.137. The van der Waals surface area contributed by atoms with E-state index in [-0.39, 0.29) is 4.88 Å². The second-order valence-electron chi connectivity index (χ2n) is 3.81. The van der Waals surface area contributed by atoms with E-state index in [1.54, 1.807) is 18.2 Å². The van der Waals surface area contributed by atoms with E-state index in [1.165, 1.54) is 30.4 Å². The van der Waals surface area contributed by atoms with Crippen LogP contribution in [0.2, 0.25) is 0 Å². The molecule has 2 aromatic rings. The average molecular weight is 291 g/mol. The number of benzene rings is 1. The quantitative estimate of drug-likeness (QED) is 0.850. The van der Waals surface area contributed by atoms with Crippen LogP contribution in [0.5, 0.6) is 0 Å². The van der Waals surface area contributed by atoms with Crippen LogP contribution in [-0.4, -0.2) is 17.0 Å². The van der Waals surface area contributed by atoms with Crippen molar-refractivity contribution in [2.75, 3.05) is 5.32 Å². The first-order chi connectivity index (χ1) is 9.56. The van der Waals surface area contributed by atoms with E-state index in [0.717, 1.165) is 11.3 Å². The van der Waals surface area contributed by atoms with Gasteiger partial charge < -0.3 is 10.4 Å². The molecular formula is C14H10FNO3S. The van der Waals surface area contributed by atoms with E-state index in [2.05, 4.69) is 5.32 Å². The highest BCUT2D eigenvalue weighted by atomic mass is 32.1. The van der Waals surface area contributed by atoms with Gasteiger partial charge in [-0.1, -0.05) is 18.2 Å². The normalized spacial score (nSPS) is 10.7. The van der Waals surface area contributed by atoms with Gasteiger partial charge in [-0.3, -0.25) is 4.79 Å². The number of amides is 1. The Morgan fingerprint density at radius 1 is 1.20 bits per heavy atom. The van der Waals surface area contributed by atoms with Gasteiger partial charge in [-0.15, -0.1) is 11.3 Å². The molecule has 1 aromatic heterocycles. The maximum Gasteiger partial charge on any atom is 0.345 e. The number of hydrogen-bond donors (Lipinski definition) is 2. The second-order valence-corrected chi connectivity index (χ2v) is 4.90. The molecule has 0 aliphatic heterocycles. The largest absolute Gasteiger partial charge is 0.477 e. The third kappa shape index (κ3) is 3.52. The van der Waals surface area contributed by atoms with E-state index in [9.17, 15) is 14.0 Å². The molecule has 0 saturated carbocycles. The molecular weight excluding hydrogens is 281 g/mol. The number of carbonyl (C=O) groups is 2. The Hall–Kier alpha value is -2.47. The fourth-order valence-corrected chi connectivity index (χ4v) is 2.21. The van der Waals surface area contributed by atoms with Crippen LogP contribution in [0.4, 0.5) is 9.39 Å². The molecule has 0 aliphatic carbocycles. The number of carboxylic acids is 1. The van der Waals surface area contributed by atoms with Gasteiger partial charge in [0.15, 0.2) is 0 Å². The molecule has 2 N–H and O–H groups in total. The van der Waals surface area contributed by atoms with Gasteiger partial charge in [0.05, 0.1) is 5.00 Å². The van der Waals surface area contributed by atoms with Gasteiger partial charge in [0.2, 0.25) is 5.91 Å². The number of aromatic carboxylic acids is 1. The lowest BCUT2D eigenvalue weighted by Gasteiger charge is -1.97. The predicted molar refractivity (Wildman–Crippen MR) is 75.3 cm³/mol. The van der Waals surface area contributed by atoms with Crippen molar-refractivity contribution >= 4 is 34.3 Å². The number of nitrogens with one attached hydrogen (secondary N) is 1. The molecule has 0 fully saturated rings. The molecule has 4 nitrogen and oxygen atoms in total. The number of halogens is 1. The van der Waals surface area contributed by atoms with Gasteiger partial charge in [-0.05, 0) is 24.3 Å². The van der Waals surface area contributed by atoms with Gasteiger partial charge in [-0.25, -0.2) is 9.18 Å².